The molecule has 0 bridgehead atoms. The molecule has 1 aromatic rings. The fourth-order valence-electron chi connectivity index (χ4n) is 0.853. The van der Waals surface area contributed by atoms with E-state index in [-0.39, 0.29) is 0 Å². The van der Waals surface area contributed by atoms with Crippen LogP contribution >= 0.6 is 0 Å². The molecule has 0 aromatic heterocycles. The lowest BCUT2D eigenvalue weighted by atomic mass is 10.2. The Hall–Kier alpha value is -1.50. The fourth-order valence-corrected chi connectivity index (χ4v) is 0.853. The lowest BCUT2D eigenvalue weighted by Crippen LogP contribution is -1.90. The van der Waals surface area contributed by atoms with E-state index in [1.165, 1.54) is 5.56 Å². The molecular formula is C11H13N. The largest absolute Gasteiger partial charge is 0.399 e. The molecule has 1 nitrogen and oxygen atoms in total. The van der Waals surface area contributed by atoms with Crippen molar-refractivity contribution >= 4 is 6.08 Å². The molecule has 0 saturated carbocycles. The number of benzene rings is 1. The van der Waals surface area contributed by atoms with Crippen molar-refractivity contribution in [2.24, 2.45) is 5.73 Å². The Labute approximate surface area is 73.2 Å². The predicted octanol–water partition coefficient (Wildman–Crippen LogP) is 2.56. The molecule has 0 amide bonds. The molecule has 0 radical (unpaired) electrons. The summed E-state index contributed by atoms with van der Waals surface area (Å²) < 4.78 is 0. The molecule has 0 fully saturated rings. The molecule has 0 saturated heterocycles. The van der Waals surface area contributed by atoms with Gasteiger partial charge < -0.3 is 5.73 Å². The van der Waals surface area contributed by atoms with Crippen molar-refractivity contribution in [2.75, 3.05) is 0 Å². The van der Waals surface area contributed by atoms with Crippen LogP contribution in [0.2, 0.25) is 0 Å². The molecule has 1 heteroatoms. The van der Waals surface area contributed by atoms with Crippen LogP contribution in [0.25, 0.3) is 6.08 Å². The van der Waals surface area contributed by atoms with Crippen molar-refractivity contribution in [1.29, 1.82) is 0 Å². The van der Waals surface area contributed by atoms with Gasteiger partial charge in [0.1, 0.15) is 0 Å². The van der Waals surface area contributed by atoms with Crippen LogP contribution in [-0.2, 0) is 0 Å². The molecule has 0 aliphatic rings. The number of hydrogen-bond acceptors (Lipinski definition) is 1. The van der Waals surface area contributed by atoms with E-state index >= 15 is 0 Å². The Kier molecular flexibility index (Phi) is 3.15. The van der Waals surface area contributed by atoms with Gasteiger partial charge in [-0.1, -0.05) is 42.5 Å². The van der Waals surface area contributed by atoms with Crippen LogP contribution in [0.1, 0.15) is 12.5 Å². The van der Waals surface area contributed by atoms with E-state index in [1.54, 1.807) is 0 Å². The average molecular weight is 159 g/mol. The van der Waals surface area contributed by atoms with E-state index in [2.05, 4.69) is 0 Å². The van der Waals surface area contributed by atoms with Crippen LogP contribution in [0, 0.1) is 0 Å². The molecule has 0 spiro atoms. The number of rotatable bonds is 2. The monoisotopic (exact) mass is 159 g/mol. The zero-order valence-electron chi connectivity index (χ0n) is 7.20. The average Bonchev–Trinajstić information content (AvgIpc) is 2.16. The summed E-state index contributed by atoms with van der Waals surface area (Å²) >= 11 is 0. The Morgan fingerprint density at radius 1 is 1.25 bits per heavy atom. The van der Waals surface area contributed by atoms with E-state index in [0.717, 1.165) is 5.70 Å². The fraction of sp³-hybridized carbons (Fsp3) is 0.0909. The maximum absolute atomic E-state index is 5.60. The molecule has 62 valence electrons. The first-order valence-corrected chi connectivity index (χ1v) is 3.98. The Balaban J connectivity index is 2.70. The van der Waals surface area contributed by atoms with Gasteiger partial charge in [0.15, 0.2) is 0 Å². The molecule has 2 N–H and O–H groups in total. The van der Waals surface area contributed by atoms with Crippen LogP contribution in [-0.4, -0.2) is 0 Å². The van der Waals surface area contributed by atoms with Crippen molar-refractivity contribution in [3.8, 4) is 0 Å². The molecule has 1 aromatic carbocycles. The standard InChI is InChI=1S/C11H13N/c1-2-11(12)9-8-10-6-4-3-5-7-10/h2-9H,12H2,1H3/b9-8+,11-2-. The molecule has 12 heavy (non-hydrogen) atoms. The summed E-state index contributed by atoms with van der Waals surface area (Å²) in [6.07, 6.45) is 5.77. The van der Waals surface area contributed by atoms with Gasteiger partial charge in [0.2, 0.25) is 0 Å². The minimum atomic E-state index is 0.791. The third kappa shape index (κ3) is 2.62. The molecule has 0 atom stereocenters. The highest BCUT2D eigenvalue weighted by Gasteiger charge is 1.82. The van der Waals surface area contributed by atoms with Crippen molar-refractivity contribution in [2.45, 2.75) is 6.92 Å². The summed E-state index contributed by atoms with van der Waals surface area (Å²) in [5, 5.41) is 0. The number of nitrogens with two attached hydrogens (primary N) is 1. The molecule has 1 rings (SSSR count). The van der Waals surface area contributed by atoms with Gasteiger partial charge in [-0.25, -0.2) is 0 Å². The molecule has 0 aliphatic carbocycles. The van der Waals surface area contributed by atoms with Gasteiger partial charge in [-0.15, -0.1) is 0 Å². The van der Waals surface area contributed by atoms with Gasteiger partial charge in [-0.05, 0) is 18.6 Å². The van der Waals surface area contributed by atoms with Gasteiger partial charge in [0, 0.05) is 5.70 Å². The topological polar surface area (TPSA) is 26.0 Å². The first-order valence-electron chi connectivity index (χ1n) is 3.98. The zero-order valence-corrected chi connectivity index (χ0v) is 7.20. The third-order valence-electron chi connectivity index (χ3n) is 1.60. The Bertz CT molecular complexity index is 283. The quantitative estimate of drug-likeness (QED) is 0.659. The minimum absolute atomic E-state index is 0.791. The Morgan fingerprint density at radius 3 is 2.50 bits per heavy atom. The summed E-state index contributed by atoms with van der Waals surface area (Å²) in [5.41, 5.74) is 7.55. The van der Waals surface area contributed by atoms with Crippen LogP contribution in [0.15, 0.2) is 48.2 Å². The molecular weight excluding hydrogens is 146 g/mol. The van der Waals surface area contributed by atoms with E-state index in [4.69, 9.17) is 5.73 Å². The first kappa shape index (κ1) is 8.60. The van der Waals surface area contributed by atoms with Crippen LogP contribution in [0.4, 0.5) is 0 Å². The van der Waals surface area contributed by atoms with Gasteiger partial charge in [-0.3, -0.25) is 0 Å². The van der Waals surface area contributed by atoms with Crippen molar-refractivity contribution in [1.82, 2.24) is 0 Å². The minimum Gasteiger partial charge on any atom is -0.399 e. The van der Waals surface area contributed by atoms with Crippen LogP contribution in [0.5, 0.6) is 0 Å². The van der Waals surface area contributed by atoms with Gasteiger partial charge in [0.25, 0.3) is 0 Å². The molecule has 0 heterocycles. The maximum Gasteiger partial charge on any atom is 0.0270 e. The van der Waals surface area contributed by atoms with E-state index in [0.29, 0.717) is 0 Å². The van der Waals surface area contributed by atoms with E-state index < -0.39 is 0 Å². The predicted molar refractivity (Wildman–Crippen MR) is 53.4 cm³/mol. The van der Waals surface area contributed by atoms with Gasteiger partial charge in [0.05, 0.1) is 0 Å². The summed E-state index contributed by atoms with van der Waals surface area (Å²) in [4.78, 5) is 0. The zero-order chi connectivity index (χ0) is 8.81. The smallest absolute Gasteiger partial charge is 0.0270 e. The van der Waals surface area contributed by atoms with E-state index in [9.17, 15) is 0 Å². The SMILES string of the molecule is C/C=C(N)/C=C/c1ccccc1. The van der Waals surface area contributed by atoms with Crippen LogP contribution in [0.3, 0.4) is 0 Å². The normalized spacial score (nSPS) is 12.2. The maximum atomic E-state index is 5.60. The second-order valence-corrected chi connectivity index (χ2v) is 2.53. The lowest BCUT2D eigenvalue weighted by Gasteiger charge is -1.91. The third-order valence-corrected chi connectivity index (χ3v) is 1.60. The summed E-state index contributed by atoms with van der Waals surface area (Å²) in [6.45, 7) is 1.92. The summed E-state index contributed by atoms with van der Waals surface area (Å²) in [6, 6.07) is 10.1. The number of hydrogen-bond donors (Lipinski definition) is 1. The van der Waals surface area contributed by atoms with Crippen molar-refractivity contribution < 1.29 is 0 Å². The van der Waals surface area contributed by atoms with Gasteiger partial charge in [-0.2, -0.15) is 0 Å². The van der Waals surface area contributed by atoms with E-state index in [1.807, 2.05) is 55.5 Å². The van der Waals surface area contributed by atoms with Crippen molar-refractivity contribution in [3.05, 3.63) is 53.7 Å². The number of allylic oxidation sites excluding steroid dienone is 2. The first-order chi connectivity index (χ1) is 5.83. The summed E-state index contributed by atoms with van der Waals surface area (Å²) in [7, 11) is 0. The molecule has 0 aliphatic heterocycles. The highest BCUT2D eigenvalue weighted by atomic mass is 14.5. The summed E-state index contributed by atoms with van der Waals surface area (Å²) in [5.74, 6) is 0. The van der Waals surface area contributed by atoms with Crippen LogP contribution < -0.4 is 5.73 Å². The second kappa shape index (κ2) is 4.39. The van der Waals surface area contributed by atoms with Gasteiger partial charge >= 0.3 is 0 Å². The highest BCUT2D eigenvalue weighted by molar-refractivity contribution is 5.51. The highest BCUT2D eigenvalue weighted by Crippen LogP contribution is 2.01. The second-order valence-electron chi connectivity index (χ2n) is 2.53. The lowest BCUT2D eigenvalue weighted by molar-refractivity contribution is 1.40. The molecule has 0 unspecified atom stereocenters. The van der Waals surface area contributed by atoms with Crippen molar-refractivity contribution in [3.63, 3.8) is 0 Å². The Morgan fingerprint density at radius 2 is 1.92 bits per heavy atom.